The fraction of sp³-hybridized carbons (Fsp3) is 0.438. The number of methoxy groups -OCH3 is 1. The van der Waals surface area contributed by atoms with Crippen LogP contribution in [-0.4, -0.2) is 29.3 Å². The van der Waals surface area contributed by atoms with Gasteiger partial charge in [0.25, 0.3) is 5.56 Å². The number of nitrogens with two attached hydrogens (primary N) is 1. The van der Waals surface area contributed by atoms with Crippen molar-refractivity contribution in [1.82, 2.24) is 4.57 Å². The average Bonchev–Trinajstić information content (AvgIpc) is 2.48. The third kappa shape index (κ3) is 4.87. The first-order valence-electron chi connectivity index (χ1n) is 7.30. The minimum Gasteiger partial charge on any atom is -0.467 e. The number of hydrogen-bond donors (Lipinski definition) is 2. The summed E-state index contributed by atoms with van der Waals surface area (Å²) in [5.74, 6) is -0.593. The SMILES string of the molecule is C=CC[C@@H](C(=O)OC)n1ccc(NC(=O)OC(C)(C)C)c(N)c1=O. The van der Waals surface area contributed by atoms with Gasteiger partial charge >= 0.3 is 12.1 Å². The number of ether oxygens (including phenoxy) is 2. The van der Waals surface area contributed by atoms with Gasteiger partial charge in [0.2, 0.25) is 0 Å². The Bertz CT molecular complexity index is 688. The molecule has 0 saturated carbocycles. The van der Waals surface area contributed by atoms with E-state index in [-0.39, 0.29) is 17.8 Å². The van der Waals surface area contributed by atoms with E-state index < -0.39 is 29.3 Å². The monoisotopic (exact) mass is 337 g/mol. The predicted molar refractivity (Wildman–Crippen MR) is 90.8 cm³/mol. The lowest BCUT2D eigenvalue weighted by atomic mass is 10.2. The zero-order valence-electron chi connectivity index (χ0n) is 14.3. The average molecular weight is 337 g/mol. The molecule has 8 nitrogen and oxygen atoms in total. The summed E-state index contributed by atoms with van der Waals surface area (Å²) in [6.45, 7) is 8.70. The van der Waals surface area contributed by atoms with Crippen LogP contribution in [0, 0.1) is 0 Å². The van der Waals surface area contributed by atoms with E-state index in [0.717, 1.165) is 4.57 Å². The summed E-state index contributed by atoms with van der Waals surface area (Å²) in [7, 11) is 1.23. The zero-order chi connectivity index (χ0) is 18.5. The van der Waals surface area contributed by atoms with E-state index in [1.165, 1.54) is 25.4 Å². The lowest BCUT2D eigenvalue weighted by Gasteiger charge is -2.21. The van der Waals surface area contributed by atoms with Gasteiger partial charge in [-0.1, -0.05) is 6.08 Å². The second kappa shape index (κ2) is 7.67. The maximum Gasteiger partial charge on any atom is 0.412 e. The van der Waals surface area contributed by atoms with Crippen molar-refractivity contribution in [3.8, 4) is 0 Å². The van der Waals surface area contributed by atoms with Crippen molar-refractivity contribution in [3.05, 3.63) is 35.3 Å². The molecule has 1 atom stereocenters. The second-order valence-electron chi connectivity index (χ2n) is 6.05. The Morgan fingerprint density at radius 3 is 2.58 bits per heavy atom. The molecule has 1 amide bonds. The molecule has 0 aliphatic rings. The predicted octanol–water partition coefficient (Wildman–Crippen LogP) is 2.07. The molecule has 132 valence electrons. The number of carbonyl (C=O) groups is 2. The molecule has 0 aliphatic heterocycles. The van der Waals surface area contributed by atoms with E-state index >= 15 is 0 Å². The van der Waals surface area contributed by atoms with Gasteiger partial charge in [-0.25, -0.2) is 9.59 Å². The summed E-state index contributed by atoms with van der Waals surface area (Å²) in [5, 5.41) is 2.41. The number of allylic oxidation sites excluding steroid dienone is 1. The van der Waals surface area contributed by atoms with Gasteiger partial charge in [0.1, 0.15) is 17.3 Å². The van der Waals surface area contributed by atoms with Gasteiger partial charge in [-0.3, -0.25) is 14.7 Å². The van der Waals surface area contributed by atoms with E-state index in [4.69, 9.17) is 10.5 Å². The maximum atomic E-state index is 12.4. The smallest absolute Gasteiger partial charge is 0.412 e. The van der Waals surface area contributed by atoms with Crippen molar-refractivity contribution in [3.63, 3.8) is 0 Å². The van der Waals surface area contributed by atoms with Gasteiger partial charge in [-0.2, -0.15) is 0 Å². The van der Waals surface area contributed by atoms with Crippen LogP contribution in [0.4, 0.5) is 16.2 Å². The number of hydrogen-bond acceptors (Lipinski definition) is 6. The largest absolute Gasteiger partial charge is 0.467 e. The number of amides is 1. The normalized spacial score (nSPS) is 12.2. The van der Waals surface area contributed by atoms with Crippen molar-refractivity contribution >= 4 is 23.4 Å². The van der Waals surface area contributed by atoms with Crippen LogP contribution in [0.1, 0.15) is 33.2 Å². The number of nitrogens with one attached hydrogen (secondary N) is 1. The molecule has 0 fully saturated rings. The number of anilines is 2. The summed E-state index contributed by atoms with van der Waals surface area (Å²) in [5.41, 5.74) is 4.38. The first kappa shape index (κ1) is 19.3. The van der Waals surface area contributed by atoms with Crippen molar-refractivity contribution in [2.24, 2.45) is 0 Å². The van der Waals surface area contributed by atoms with Crippen LogP contribution in [0.5, 0.6) is 0 Å². The Labute approximate surface area is 140 Å². The summed E-state index contributed by atoms with van der Waals surface area (Å²) in [6, 6.07) is 0.539. The van der Waals surface area contributed by atoms with Crippen LogP contribution in [0.25, 0.3) is 0 Å². The van der Waals surface area contributed by atoms with Crippen LogP contribution in [0.15, 0.2) is 29.7 Å². The molecule has 0 bridgehead atoms. The van der Waals surface area contributed by atoms with Crippen LogP contribution in [-0.2, 0) is 14.3 Å². The number of esters is 1. The Morgan fingerprint density at radius 1 is 1.46 bits per heavy atom. The van der Waals surface area contributed by atoms with Crippen LogP contribution in [0.2, 0.25) is 0 Å². The van der Waals surface area contributed by atoms with E-state index in [9.17, 15) is 14.4 Å². The molecule has 0 radical (unpaired) electrons. The summed E-state index contributed by atoms with van der Waals surface area (Å²) < 4.78 is 10.9. The van der Waals surface area contributed by atoms with Crippen molar-refractivity contribution in [1.29, 1.82) is 0 Å². The first-order chi connectivity index (χ1) is 11.1. The number of aromatic nitrogens is 1. The van der Waals surface area contributed by atoms with Gasteiger partial charge in [-0.15, -0.1) is 6.58 Å². The number of carbonyl (C=O) groups excluding carboxylic acids is 2. The van der Waals surface area contributed by atoms with Crippen molar-refractivity contribution in [2.75, 3.05) is 18.2 Å². The van der Waals surface area contributed by atoms with Gasteiger partial charge in [-0.05, 0) is 33.3 Å². The lowest BCUT2D eigenvalue weighted by Crippen LogP contribution is -2.33. The molecule has 0 spiro atoms. The molecule has 1 heterocycles. The fourth-order valence-electron chi connectivity index (χ4n) is 1.95. The van der Waals surface area contributed by atoms with Gasteiger partial charge in [0.15, 0.2) is 0 Å². The lowest BCUT2D eigenvalue weighted by molar-refractivity contribution is -0.144. The molecule has 0 saturated heterocycles. The third-order valence-corrected chi connectivity index (χ3v) is 2.99. The van der Waals surface area contributed by atoms with Gasteiger partial charge < -0.3 is 15.2 Å². The molecule has 0 unspecified atom stereocenters. The molecule has 0 aliphatic carbocycles. The maximum absolute atomic E-state index is 12.4. The molecule has 8 heteroatoms. The third-order valence-electron chi connectivity index (χ3n) is 2.99. The molecule has 3 N–H and O–H groups in total. The van der Waals surface area contributed by atoms with Gasteiger partial charge in [0.05, 0.1) is 12.8 Å². The molecule has 24 heavy (non-hydrogen) atoms. The molecular formula is C16H23N3O5. The number of rotatable bonds is 5. The first-order valence-corrected chi connectivity index (χ1v) is 7.30. The topological polar surface area (TPSA) is 113 Å². The number of nitrogen functional groups attached to an aromatic ring is 1. The quantitative estimate of drug-likeness (QED) is 0.628. The van der Waals surface area contributed by atoms with E-state index in [1.54, 1.807) is 20.8 Å². The highest BCUT2D eigenvalue weighted by molar-refractivity contribution is 5.88. The van der Waals surface area contributed by atoms with Crippen LogP contribution < -0.4 is 16.6 Å². The summed E-state index contributed by atoms with van der Waals surface area (Å²) in [4.78, 5) is 36.0. The molecule has 0 aromatic carbocycles. The number of nitrogens with zero attached hydrogens (tertiary/aromatic N) is 1. The Morgan fingerprint density at radius 2 is 2.08 bits per heavy atom. The van der Waals surface area contributed by atoms with Crippen LogP contribution in [0.3, 0.4) is 0 Å². The molecular weight excluding hydrogens is 314 g/mol. The number of pyridine rings is 1. The van der Waals surface area contributed by atoms with E-state index in [1.807, 2.05) is 0 Å². The Balaban J connectivity index is 3.13. The standard InChI is InChI=1S/C16H23N3O5/c1-6-7-11(14(21)23-5)19-9-8-10(12(17)13(19)20)18-15(22)24-16(2,3)4/h6,8-9,11H,1,7,17H2,2-5H3,(H,18,22)/t11-/m0/s1. The Hall–Kier alpha value is -2.77. The highest BCUT2D eigenvalue weighted by Crippen LogP contribution is 2.19. The summed E-state index contributed by atoms with van der Waals surface area (Å²) >= 11 is 0. The molecule has 1 aromatic heterocycles. The summed E-state index contributed by atoms with van der Waals surface area (Å²) in [6.07, 6.45) is 2.32. The van der Waals surface area contributed by atoms with Gasteiger partial charge in [0, 0.05) is 6.20 Å². The molecule has 1 rings (SSSR count). The van der Waals surface area contributed by atoms with Crippen LogP contribution >= 0.6 is 0 Å². The zero-order valence-corrected chi connectivity index (χ0v) is 14.3. The Kier molecular flexibility index (Phi) is 6.16. The van der Waals surface area contributed by atoms with Crippen molar-refractivity contribution < 1.29 is 19.1 Å². The van der Waals surface area contributed by atoms with E-state index in [2.05, 4.69) is 16.6 Å². The molecule has 1 aromatic rings. The minimum atomic E-state index is -0.877. The van der Waals surface area contributed by atoms with E-state index in [0.29, 0.717) is 0 Å². The minimum absolute atomic E-state index is 0.104. The second-order valence-corrected chi connectivity index (χ2v) is 6.05. The fourth-order valence-corrected chi connectivity index (χ4v) is 1.95. The highest BCUT2D eigenvalue weighted by Gasteiger charge is 2.23. The highest BCUT2D eigenvalue weighted by atomic mass is 16.6. The van der Waals surface area contributed by atoms with Crippen molar-refractivity contribution in [2.45, 2.75) is 38.8 Å².